The van der Waals surface area contributed by atoms with Gasteiger partial charge in [0.05, 0.1) is 11.7 Å². The molecule has 0 aliphatic heterocycles. The number of hydrogen-bond donors (Lipinski definition) is 2. The standard InChI is InChI=1S/C19H22N2O2.ClH/c20-17-11-5-4-10-16(17)19(22)21-13-14-7-1-6-12-18(14)23-15-8-2-3-9-15;/h1,4-7,10-12,15H,2-3,8-9,13,20H2,(H,21,22);1H. The van der Waals surface area contributed by atoms with Gasteiger partial charge in [-0.05, 0) is 43.9 Å². The number of halogens is 1. The maximum Gasteiger partial charge on any atom is 0.253 e. The molecule has 0 heterocycles. The summed E-state index contributed by atoms with van der Waals surface area (Å²) >= 11 is 0. The summed E-state index contributed by atoms with van der Waals surface area (Å²) in [7, 11) is 0. The Morgan fingerprint density at radius 2 is 1.75 bits per heavy atom. The van der Waals surface area contributed by atoms with E-state index in [1.54, 1.807) is 12.1 Å². The topological polar surface area (TPSA) is 64.4 Å². The largest absolute Gasteiger partial charge is 0.490 e. The molecule has 3 rings (SSSR count). The molecule has 1 fully saturated rings. The molecular weight excluding hydrogens is 324 g/mol. The molecule has 4 nitrogen and oxygen atoms in total. The number of ether oxygens (including phenoxy) is 1. The summed E-state index contributed by atoms with van der Waals surface area (Å²) < 4.78 is 6.09. The van der Waals surface area contributed by atoms with Gasteiger partial charge in [0, 0.05) is 17.8 Å². The molecule has 0 aromatic heterocycles. The second kappa shape index (κ2) is 8.60. The van der Waals surface area contributed by atoms with Crippen LogP contribution in [0.3, 0.4) is 0 Å². The van der Waals surface area contributed by atoms with Gasteiger partial charge in [-0.15, -0.1) is 12.4 Å². The van der Waals surface area contributed by atoms with Gasteiger partial charge in [-0.2, -0.15) is 0 Å². The summed E-state index contributed by atoms with van der Waals surface area (Å²) in [5.74, 6) is 0.694. The molecule has 0 bridgehead atoms. The Bertz CT molecular complexity index is 685. The average Bonchev–Trinajstić information content (AvgIpc) is 3.07. The summed E-state index contributed by atoms with van der Waals surface area (Å²) in [6.07, 6.45) is 4.99. The summed E-state index contributed by atoms with van der Waals surface area (Å²) in [4.78, 5) is 12.3. The number of nitrogens with two attached hydrogens (primary N) is 1. The van der Waals surface area contributed by atoms with Crippen LogP contribution in [0.5, 0.6) is 5.75 Å². The fraction of sp³-hybridized carbons (Fsp3) is 0.316. The van der Waals surface area contributed by atoms with Crippen molar-refractivity contribution < 1.29 is 9.53 Å². The van der Waals surface area contributed by atoms with Crippen LogP contribution in [0.4, 0.5) is 5.69 Å². The van der Waals surface area contributed by atoms with Gasteiger partial charge in [-0.25, -0.2) is 0 Å². The van der Waals surface area contributed by atoms with Crippen LogP contribution in [0.25, 0.3) is 0 Å². The van der Waals surface area contributed by atoms with E-state index in [1.165, 1.54) is 12.8 Å². The van der Waals surface area contributed by atoms with Crippen molar-refractivity contribution in [1.82, 2.24) is 5.32 Å². The van der Waals surface area contributed by atoms with E-state index in [1.807, 2.05) is 36.4 Å². The maximum atomic E-state index is 12.3. The third-order valence-electron chi connectivity index (χ3n) is 4.21. The normalized spacial score (nSPS) is 14.0. The highest BCUT2D eigenvalue weighted by atomic mass is 35.5. The second-order valence-electron chi connectivity index (χ2n) is 5.90. The van der Waals surface area contributed by atoms with E-state index in [2.05, 4.69) is 5.32 Å². The van der Waals surface area contributed by atoms with E-state index in [-0.39, 0.29) is 18.3 Å². The van der Waals surface area contributed by atoms with Crippen LogP contribution in [0.2, 0.25) is 0 Å². The molecule has 1 saturated carbocycles. The predicted molar refractivity (Wildman–Crippen MR) is 98.6 cm³/mol. The molecule has 128 valence electrons. The van der Waals surface area contributed by atoms with E-state index >= 15 is 0 Å². The summed E-state index contributed by atoms with van der Waals surface area (Å²) in [6, 6.07) is 15.0. The van der Waals surface area contributed by atoms with Crippen LogP contribution >= 0.6 is 12.4 Å². The van der Waals surface area contributed by atoms with Crippen molar-refractivity contribution in [2.45, 2.75) is 38.3 Å². The van der Waals surface area contributed by atoms with E-state index in [0.717, 1.165) is 24.2 Å². The van der Waals surface area contributed by atoms with Gasteiger partial charge in [0.25, 0.3) is 5.91 Å². The van der Waals surface area contributed by atoms with E-state index < -0.39 is 0 Å². The van der Waals surface area contributed by atoms with E-state index in [9.17, 15) is 4.79 Å². The van der Waals surface area contributed by atoms with Gasteiger partial charge >= 0.3 is 0 Å². The van der Waals surface area contributed by atoms with Crippen molar-refractivity contribution in [3.63, 3.8) is 0 Å². The fourth-order valence-corrected chi connectivity index (χ4v) is 2.93. The molecule has 2 aromatic carbocycles. The van der Waals surface area contributed by atoms with Gasteiger partial charge in [-0.1, -0.05) is 30.3 Å². The first kappa shape index (κ1) is 18.1. The molecule has 5 heteroatoms. The number of carbonyl (C=O) groups excluding carboxylic acids is 1. The number of nitrogens with one attached hydrogen (secondary N) is 1. The molecule has 1 aliphatic rings. The average molecular weight is 347 g/mol. The SMILES string of the molecule is Cl.Nc1ccccc1C(=O)NCc1ccccc1OC1CCCC1. The zero-order valence-electron chi connectivity index (χ0n) is 13.5. The lowest BCUT2D eigenvalue weighted by atomic mass is 10.1. The molecule has 0 radical (unpaired) electrons. The smallest absolute Gasteiger partial charge is 0.253 e. The summed E-state index contributed by atoms with van der Waals surface area (Å²) in [5, 5.41) is 2.92. The van der Waals surface area contributed by atoms with Crippen molar-refractivity contribution in [2.24, 2.45) is 0 Å². The van der Waals surface area contributed by atoms with Gasteiger partial charge in [0.15, 0.2) is 0 Å². The number of para-hydroxylation sites is 2. The Kier molecular flexibility index (Phi) is 6.50. The zero-order chi connectivity index (χ0) is 16.1. The Balaban J connectivity index is 0.00000208. The fourth-order valence-electron chi connectivity index (χ4n) is 2.93. The lowest BCUT2D eigenvalue weighted by Gasteiger charge is -2.17. The molecule has 0 unspecified atom stereocenters. The zero-order valence-corrected chi connectivity index (χ0v) is 14.4. The number of benzene rings is 2. The van der Waals surface area contributed by atoms with E-state index in [0.29, 0.717) is 23.9 Å². The molecule has 0 atom stereocenters. The molecule has 24 heavy (non-hydrogen) atoms. The number of carbonyl (C=O) groups is 1. The monoisotopic (exact) mass is 346 g/mol. The van der Waals surface area contributed by atoms with Crippen molar-refractivity contribution >= 4 is 24.0 Å². The van der Waals surface area contributed by atoms with Crippen LogP contribution in [0, 0.1) is 0 Å². The first-order chi connectivity index (χ1) is 11.2. The minimum atomic E-state index is -0.168. The van der Waals surface area contributed by atoms with Gasteiger partial charge in [0.2, 0.25) is 0 Å². The highest BCUT2D eigenvalue weighted by Crippen LogP contribution is 2.26. The third-order valence-corrected chi connectivity index (χ3v) is 4.21. The predicted octanol–water partition coefficient (Wildman–Crippen LogP) is 3.94. The van der Waals surface area contributed by atoms with Gasteiger partial charge in [-0.3, -0.25) is 4.79 Å². The molecule has 1 aliphatic carbocycles. The van der Waals surface area contributed by atoms with Gasteiger partial charge < -0.3 is 15.8 Å². The molecule has 0 spiro atoms. The van der Waals surface area contributed by atoms with Crippen LogP contribution in [-0.2, 0) is 6.54 Å². The second-order valence-corrected chi connectivity index (χ2v) is 5.90. The number of anilines is 1. The van der Waals surface area contributed by atoms with Crippen molar-refractivity contribution in [1.29, 1.82) is 0 Å². The molecule has 0 saturated heterocycles. The van der Waals surface area contributed by atoms with E-state index in [4.69, 9.17) is 10.5 Å². The first-order valence-corrected chi connectivity index (χ1v) is 8.11. The van der Waals surface area contributed by atoms with Crippen LogP contribution in [-0.4, -0.2) is 12.0 Å². The Morgan fingerprint density at radius 1 is 1.08 bits per heavy atom. The van der Waals surface area contributed by atoms with Gasteiger partial charge in [0.1, 0.15) is 5.75 Å². The first-order valence-electron chi connectivity index (χ1n) is 8.11. The minimum Gasteiger partial charge on any atom is -0.490 e. The lowest BCUT2D eigenvalue weighted by molar-refractivity contribution is 0.0951. The quantitative estimate of drug-likeness (QED) is 0.806. The van der Waals surface area contributed by atoms with Crippen LogP contribution in [0.1, 0.15) is 41.6 Å². The Labute approximate surface area is 148 Å². The van der Waals surface area contributed by atoms with Crippen LogP contribution < -0.4 is 15.8 Å². The highest BCUT2D eigenvalue weighted by Gasteiger charge is 2.18. The van der Waals surface area contributed by atoms with Crippen LogP contribution in [0.15, 0.2) is 48.5 Å². The number of rotatable bonds is 5. The molecular formula is C19H23ClN2O2. The minimum absolute atomic E-state index is 0. The third kappa shape index (κ3) is 4.42. The lowest BCUT2D eigenvalue weighted by Crippen LogP contribution is -2.24. The highest BCUT2D eigenvalue weighted by molar-refractivity contribution is 5.99. The molecule has 1 amide bonds. The molecule has 2 aromatic rings. The number of hydrogen-bond acceptors (Lipinski definition) is 3. The van der Waals surface area contributed by atoms with Crippen molar-refractivity contribution in [3.05, 3.63) is 59.7 Å². The summed E-state index contributed by atoms with van der Waals surface area (Å²) in [6.45, 7) is 0.427. The van der Waals surface area contributed by atoms with Crippen molar-refractivity contribution in [2.75, 3.05) is 5.73 Å². The molecule has 3 N–H and O–H groups in total. The Morgan fingerprint density at radius 3 is 2.50 bits per heavy atom. The number of nitrogen functional groups attached to an aromatic ring is 1. The number of amides is 1. The van der Waals surface area contributed by atoms with Crippen molar-refractivity contribution in [3.8, 4) is 5.75 Å². The Hall–Kier alpha value is -2.20. The maximum absolute atomic E-state index is 12.3. The summed E-state index contributed by atoms with van der Waals surface area (Å²) in [5.41, 5.74) is 7.82.